The Bertz CT molecular complexity index is 951. The van der Waals surface area contributed by atoms with Gasteiger partial charge in [0.2, 0.25) is 0 Å². The molecule has 6 nitrogen and oxygen atoms in total. The predicted octanol–water partition coefficient (Wildman–Crippen LogP) is 4.16. The van der Waals surface area contributed by atoms with Crippen LogP contribution >= 0.6 is 0 Å². The largest absolute Gasteiger partial charge is 0.492 e. The lowest BCUT2D eigenvalue weighted by molar-refractivity contribution is -0.128. The van der Waals surface area contributed by atoms with Crippen LogP contribution in [0.2, 0.25) is 0 Å². The maximum Gasteiger partial charge on any atom is 0.310 e. The molecule has 0 radical (unpaired) electrons. The summed E-state index contributed by atoms with van der Waals surface area (Å²) < 4.78 is 37.9. The van der Waals surface area contributed by atoms with Gasteiger partial charge in [-0.2, -0.15) is 8.42 Å². The third kappa shape index (κ3) is 4.49. The molecule has 0 N–H and O–H groups in total. The Morgan fingerprint density at radius 2 is 1.87 bits per heavy atom. The Labute approximate surface area is 187 Å². The van der Waals surface area contributed by atoms with Gasteiger partial charge < -0.3 is 13.8 Å². The average Bonchev–Trinajstić information content (AvgIpc) is 2.97. The van der Waals surface area contributed by atoms with Crippen molar-refractivity contribution in [1.82, 2.24) is 4.90 Å². The van der Waals surface area contributed by atoms with Crippen molar-refractivity contribution in [1.29, 1.82) is 0 Å². The number of hydrogen-bond acceptors (Lipinski definition) is 6. The van der Waals surface area contributed by atoms with Crippen LogP contribution in [0.1, 0.15) is 64.0 Å². The quantitative estimate of drug-likeness (QED) is 0.525. The van der Waals surface area contributed by atoms with Gasteiger partial charge in [0.1, 0.15) is 23.9 Å². The fourth-order valence-corrected chi connectivity index (χ4v) is 7.05. The zero-order valence-corrected chi connectivity index (χ0v) is 20.8. The predicted molar refractivity (Wildman–Crippen MR) is 122 cm³/mol. The van der Waals surface area contributed by atoms with Gasteiger partial charge in [0.05, 0.1) is 11.2 Å². The Morgan fingerprint density at radius 1 is 1.19 bits per heavy atom. The van der Waals surface area contributed by atoms with Crippen LogP contribution in [0.5, 0.6) is 11.5 Å². The van der Waals surface area contributed by atoms with Crippen molar-refractivity contribution in [3.05, 3.63) is 23.3 Å². The molecule has 0 amide bonds. The molecule has 0 heterocycles. The highest BCUT2D eigenvalue weighted by Gasteiger charge is 2.65. The highest BCUT2D eigenvalue weighted by atomic mass is 32.2. The molecule has 2 aliphatic carbocycles. The van der Waals surface area contributed by atoms with Gasteiger partial charge in [-0.05, 0) is 68.8 Å². The molecule has 0 spiro atoms. The van der Waals surface area contributed by atoms with E-state index in [1.807, 2.05) is 59.7 Å². The van der Waals surface area contributed by atoms with Crippen molar-refractivity contribution in [3.63, 3.8) is 0 Å². The molecule has 2 fully saturated rings. The molecule has 174 valence electrons. The van der Waals surface area contributed by atoms with Crippen LogP contribution in [-0.2, 0) is 14.9 Å². The number of benzene rings is 1. The lowest BCUT2D eigenvalue weighted by Crippen LogP contribution is -2.43. The monoisotopic (exact) mass is 451 g/mol. The second kappa shape index (κ2) is 8.39. The first-order valence-electron chi connectivity index (χ1n) is 11.2. The standard InChI is InChI=1S/C24H37NO5S/c1-16(2)19-14-20(17(3)12-21(19)29-11-10-25(6)7)30-31(27,28)15-24-9-8-18(13-22(24)26)23(24,4)5/h12,14,16,18H,8-11,13,15H2,1-7H3. The fraction of sp³-hybridized carbons (Fsp3) is 0.708. The van der Waals surface area contributed by atoms with Crippen molar-refractivity contribution in [3.8, 4) is 11.5 Å². The van der Waals surface area contributed by atoms with Crippen LogP contribution in [0.3, 0.4) is 0 Å². The van der Waals surface area contributed by atoms with E-state index in [-0.39, 0.29) is 28.8 Å². The summed E-state index contributed by atoms with van der Waals surface area (Å²) in [5.74, 6) is 1.30. The second-order valence-corrected chi connectivity index (χ2v) is 12.0. The normalized spacial score (nSPS) is 24.9. The molecule has 1 aromatic carbocycles. The van der Waals surface area contributed by atoms with E-state index in [1.165, 1.54) is 0 Å². The van der Waals surface area contributed by atoms with E-state index in [4.69, 9.17) is 8.92 Å². The number of carbonyl (C=O) groups excluding carboxylic acids is 1. The molecule has 0 aliphatic heterocycles. The number of rotatable bonds is 9. The number of ketones is 1. The van der Waals surface area contributed by atoms with Gasteiger partial charge >= 0.3 is 10.1 Å². The Kier molecular flexibility index (Phi) is 6.51. The van der Waals surface area contributed by atoms with Crippen LogP contribution in [0.25, 0.3) is 0 Å². The first-order chi connectivity index (χ1) is 14.3. The number of nitrogens with zero attached hydrogens (tertiary/aromatic N) is 1. The molecule has 2 bridgehead atoms. The van der Waals surface area contributed by atoms with E-state index in [2.05, 4.69) is 0 Å². The fourth-order valence-electron chi connectivity index (χ4n) is 5.26. The highest BCUT2D eigenvalue weighted by molar-refractivity contribution is 7.87. The summed E-state index contributed by atoms with van der Waals surface area (Å²) >= 11 is 0. The van der Waals surface area contributed by atoms with Gasteiger partial charge in [-0.3, -0.25) is 4.79 Å². The van der Waals surface area contributed by atoms with Crippen LogP contribution in [0, 0.1) is 23.7 Å². The van der Waals surface area contributed by atoms with Gasteiger partial charge in [0, 0.05) is 18.5 Å². The molecule has 7 heteroatoms. The smallest absolute Gasteiger partial charge is 0.310 e. The number of Topliss-reactive ketones (excluding diaryl/α,β-unsaturated/α-hetero) is 1. The van der Waals surface area contributed by atoms with Crippen molar-refractivity contribution >= 4 is 15.9 Å². The Balaban J connectivity index is 1.84. The SMILES string of the molecule is Cc1cc(OCCN(C)C)c(C(C)C)cc1OS(=O)(=O)CC12CCC(CC1=O)C2(C)C. The van der Waals surface area contributed by atoms with E-state index >= 15 is 0 Å². The highest BCUT2D eigenvalue weighted by Crippen LogP contribution is 2.64. The lowest BCUT2D eigenvalue weighted by atomic mass is 9.70. The molecule has 0 aromatic heterocycles. The molecule has 2 atom stereocenters. The van der Waals surface area contributed by atoms with Crippen molar-refractivity contribution in [2.75, 3.05) is 33.0 Å². The van der Waals surface area contributed by atoms with Crippen molar-refractivity contribution < 1.29 is 22.1 Å². The summed E-state index contributed by atoms with van der Waals surface area (Å²) in [4.78, 5) is 14.8. The summed E-state index contributed by atoms with van der Waals surface area (Å²) in [6.45, 7) is 11.3. The van der Waals surface area contributed by atoms with Gasteiger partial charge in [-0.25, -0.2) is 0 Å². The molecule has 2 saturated carbocycles. The number of ether oxygens (including phenoxy) is 1. The van der Waals surface area contributed by atoms with Gasteiger partial charge in [-0.15, -0.1) is 0 Å². The minimum absolute atomic E-state index is 0.0742. The minimum Gasteiger partial charge on any atom is -0.492 e. The van der Waals surface area contributed by atoms with E-state index < -0.39 is 15.5 Å². The minimum atomic E-state index is -3.94. The first kappa shape index (κ1) is 24.1. The van der Waals surface area contributed by atoms with Gasteiger partial charge in [-0.1, -0.05) is 27.7 Å². The van der Waals surface area contributed by atoms with Gasteiger partial charge in [0.15, 0.2) is 0 Å². The molecule has 3 rings (SSSR count). The summed E-state index contributed by atoms with van der Waals surface area (Å²) in [6, 6.07) is 3.63. The summed E-state index contributed by atoms with van der Waals surface area (Å²) in [5.41, 5.74) is 0.459. The zero-order valence-electron chi connectivity index (χ0n) is 19.9. The van der Waals surface area contributed by atoms with Crippen LogP contribution in [0.4, 0.5) is 0 Å². The molecule has 2 aliphatic rings. The lowest BCUT2D eigenvalue weighted by Gasteiger charge is -2.35. The van der Waals surface area contributed by atoms with Crippen molar-refractivity contribution in [2.45, 2.75) is 59.8 Å². The number of likely N-dealkylation sites (N-methyl/N-ethyl adjacent to an activating group) is 1. The second-order valence-electron chi connectivity index (χ2n) is 10.4. The molecule has 2 unspecified atom stereocenters. The van der Waals surface area contributed by atoms with Crippen molar-refractivity contribution in [2.24, 2.45) is 16.7 Å². The summed E-state index contributed by atoms with van der Waals surface area (Å²) in [5, 5.41) is 0. The molecule has 31 heavy (non-hydrogen) atoms. The third-order valence-corrected chi connectivity index (χ3v) is 8.78. The maximum absolute atomic E-state index is 13.1. The number of fused-ring (bicyclic) bond motifs is 2. The maximum atomic E-state index is 13.1. The van der Waals surface area contributed by atoms with E-state index in [1.54, 1.807) is 6.07 Å². The average molecular weight is 452 g/mol. The molecule has 0 saturated heterocycles. The van der Waals surface area contributed by atoms with E-state index in [9.17, 15) is 13.2 Å². The zero-order chi connectivity index (χ0) is 23.2. The van der Waals surface area contributed by atoms with Crippen LogP contribution in [0.15, 0.2) is 12.1 Å². The molecular formula is C24H37NO5S. The number of carbonyl (C=O) groups is 1. The number of hydrogen-bond donors (Lipinski definition) is 0. The Morgan fingerprint density at radius 3 is 2.39 bits per heavy atom. The first-order valence-corrected chi connectivity index (χ1v) is 12.7. The number of aryl methyl sites for hydroxylation is 1. The van der Waals surface area contributed by atoms with Crippen LogP contribution in [-0.4, -0.2) is 52.1 Å². The molecule has 1 aromatic rings. The third-order valence-electron chi connectivity index (χ3n) is 7.50. The summed E-state index contributed by atoms with van der Waals surface area (Å²) in [6.07, 6.45) is 2.02. The Hall–Kier alpha value is -1.60. The van der Waals surface area contributed by atoms with E-state index in [0.29, 0.717) is 30.8 Å². The van der Waals surface area contributed by atoms with E-state index in [0.717, 1.165) is 24.3 Å². The molecular weight excluding hydrogens is 414 g/mol. The summed E-state index contributed by atoms with van der Waals surface area (Å²) in [7, 11) is 0.0364. The van der Waals surface area contributed by atoms with Gasteiger partial charge in [0.25, 0.3) is 0 Å². The van der Waals surface area contributed by atoms with Crippen LogP contribution < -0.4 is 8.92 Å². The topological polar surface area (TPSA) is 72.9 Å².